The predicted octanol–water partition coefficient (Wildman–Crippen LogP) is 1.52. The van der Waals surface area contributed by atoms with Crippen molar-refractivity contribution >= 4 is 5.91 Å². The number of rotatable bonds is 5. The van der Waals surface area contributed by atoms with Crippen molar-refractivity contribution in [2.45, 2.75) is 57.6 Å². The van der Waals surface area contributed by atoms with E-state index in [0.717, 1.165) is 37.1 Å². The number of carbonyl (C=O) groups excluding carboxylic acids is 1. The van der Waals surface area contributed by atoms with Crippen LogP contribution in [0, 0.1) is 0 Å². The molecule has 2 aliphatic rings. The van der Waals surface area contributed by atoms with Gasteiger partial charge in [0.05, 0.1) is 12.7 Å². The van der Waals surface area contributed by atoms with Crippen LogP contribution in [0.5, 0.6) is 0 Å². The molecule has 6 heteroatoms. The second-order valence-corrected chi connectivity index (χ2v) is 6.20. The summed E-state index contributed by atoms with van der Waals surface area (Å²) in [5.41, 5.74) is 2.61. The minimum absolute atomic E-state index is 0.106. The van der Waals surface area contributed by atoms with Crippen molar-refractivity contribution in [2.75, 3.05) is 19.7 Å². The molecule has 1 fully saturated rings. The van der Waals surface area contributed by atoms with Crippen molar-refractivity contribution in [3.05, 3.63) is 17.0 Å². The molecule has 1 aliphatic heterocycles. The Kier molecular flexibility index (Phi) is 5.45. The minimum Gasteiger partial charge on any atom is -0.376 e. The maximum absolute atomic E-state index is 12.2. The average molecular weight is 306 g/mol. The summed E-state index contributed by atoms with van der Waals surface area (Å²) in [4.78, 5) is 12.2. The van der Waals surface area contributed by atoms with Gasteiger partial charge in [-0.05, 0) is 12.8 Å². The van der Waals surface area contributed by atoms with Gasteiger partial charge in [-0.25, -0.2) is 0 Å². The number of hydrogen-bond donors (Lipinski definition) is 3. The number of ether oxygens (including phenoxy) is 1. The van der Waals surface area contributed by atoms with Crippen molar-refractivity contribution in [3.63, 3.8) is 0 Å². The summed E-state index contributed by atoms with van der Waals surface area (Å²) in [5, 5.41) is 13.3. The van der Waals surface area contributed by atoms with Crippen LogP contribution in [-0.2, 0) is 17.7 Å². The van der Waals surface area contributed by atoms with Gasteiger partial charge in [0, 0.05) is 37.3 Å². The molecule has 0 atom stereocenters. The van der Waals surface area contributed by atoms with Gasteiger partial charge in [-0.15, -0.1) is 0 Å². The lowest BCUT2D eigenvalue weighted by atomic mass is 10.1. The van der Waals surface area contributed by atoms with Crippen LogP contribution in [0.1, 0.15) is 60.3 Å². The predicted molar refractivity (Wildman–Crippen MR) is 83.8 cm³/mol. The molecule has 0 spiro atoms. The molecule has 1 amide bonds. The Labute approximate surface area is 131 Å². The van der Waals surface area contributed by atoms with Crippen LogP contribution >= 0.6 is 0 Å². The molecule has 3 rings (SSSR count). The van der Waals surface area contributed by atoms with E-state index in [2.05, 4.69) is 20.8 Å². The Hall–Kier alpha value is -1.40. The Morgan fingerprint density at radius 2 is 2.09 bits per heavy atom. The number of H-pyrrole nitrogens is 1. The number of aromatic nitrogens is 2. The fraction of sp³-hybridized carbons (Fsp3) is 0.750. The van der Waals surface area contributed by atoms with E-state index in [1.54, 1.807) is 0 Å². The normalized spacial score (nSPS) is 19.5. The number of carbonyl (C=O) groups is 1. The molecule has 122 valence electrons. The lowest BCUT2D eigenvalue weighted by molar-refractivity contribution is 0.0441. The van der Waals surface area contributed by atoms with Crippen LogP contribution in [0.4, 0.5) is 0 Å². The Morgan fingerprint density at radius 1 is 1.27 bits per heavy atom. The minimum atomic E-state index is -0.106. The zero-order valence-electron chi connectivity index (χ0n) is 13.1. The van der Waals surface area contributed by atoms with E-state index in [1.165, 1.54) is 25.7 Å². The van der Waals surface area contributed by atoms with Gasteiger partial charge in [-0.3, -0.25) is 9.89 Å². The molecule has 3 N–H and O–H groups in total. The topological polar surface area (TPSA) is 79.0 Å². The van der Waals surface area contributed by atoms with Crippen LogP contribution in [0.15, 0.2) is 0 Å². The molecule has 0 radical (unpaired) electrons. The molecule has 0 aromatic carbocycles. The van der Waals surface area contributed by atoms with E-state index in [0.29, 0.717) is 31.5 Å². The van der Waals surface area contributed by atoms with E-state index in [9.17, 15) is 4.79 Å². The van der Waals surface area contributed by atoms with E-state index in [1.807, 2.05) is 0 Å². The van der Waals surface area contributed by atoms with Crippen molar-refractivity contribution in [1.29, 1.82) is 0 Å². The fourth-order valence-corrected chi connectivity index (χ4v) is 3.30. The second-order valence-electron chi connectivity index (χ2n) is 6.20. The number of amides is 1. The van der Waals surface area contributed by atoms with Crippen molar-refractivity contribution in [2.24, 2.45) is 0 Å². The van der Waals surface area contributed by atoms with Gasteiger partial charge in [-0.2, -0.15) is 5.10 Å². The average Bonchev–Trinajstić information content (AvgIpc) is 2.80. The van der Waals surface area contributed by atoms with Crippen molar-refractivity contribution < 1.29 is 9.53 Å². The van der Waals surface area contributed by atoms with E-state index >= 15 is 0 Å². The summed E-state index contributed by atoms with van der Waals surface area (Å²) in [5.74, 6) is -0.106. The zero-order valence-corrected chi connectivity index (χ0v) is 13.1. The molecule has 6 nitrogen and oxygen atoms in total. The van der Waals surface area contributed by atoms with E-state index < -0.39 is 0 Å². The van der Waals surface area contributed by atoms with Crippen LogP contribution in [0.2, 0.25) is 0 Å². The largest absolute Gasteiger partial charge is 0.376 e. The first-order valence-electron chi connectivity index (χ1n) is 8.51. The maximum atomic E-state index is 12.2. The highest BCUT2D eigenvalue weighted by Crippen LogP contribution is 2.19. The van der Waals surface area contributed by atoms with Gasteiger partial charge in [0.2, 0.25) is 0 Å². The van der Waals surface area contributed by atoms with E-state index in [-0.39, 0.29) is 5.91 Å². The maximum Gasteiger partial charge on any atom is 0.272 e. The highest BCUT2D eigenvalue weighted by Gasteiger charge is 2.21. The standard InChI is InChI=1S/C16H26N4O2/c21-16(15-13-11-17-8-7-14(13)19-20-15)18-9-10-22-12-5-3-1-2-4-6-12/h12,17H,1-11H2,(H,18,21)(H,19,20). The highest BCUT2D eigenvalue weighted by molar-refractivity contribution is 5.94. The monoisotopic (exact) mass is 306 g/mol. The SMILES string of the molecule is O=C(NCCOC1CCCCCC1)c1n[nH]c2c1CNCC2. The summed E-state index contributed by atoms with van der Waals surface area (Å²) in [6.07, 6.45) is 8.79. The molecule has 2 heterocycles. The summed E-state index contributed by atoms with van der Waals surface area (Å²) < 4.78 is 5.89. The third kappa shape index (κ3) is 3.87. The molecule has 1 aromatic rings. The van der Waals surface area contributed by atoms with Gasteiger partial charge < -0.3 is 15.4 Å². The van der Waals surface area contributed by atoms with Gasteiger partial charge in [-0.1, -0.05) is 25.7 Å². The molecule has 22 heavy (non-hydrogen) atoms. The summed E-state index contributed by atoms with van der Waals surface area (Å²) in [6.45, 7) is 2.78. The lowest BCUT2D eigenvalue weighted by Crippen LogP contribution is -2.31. The first kappa shape index (κ1) is 15.5. The molecule has 0 bridgehead atoms. The number of nitrogens with one attached hydrogen (secondary N) is 3. The van der Waals surface area contributed by atoms with Gasteiger partial charge in [0.25, 0.3) is 5.91 Å². The molecule has 1 aliphatic carbocycles. The lowest BCUT2D eigenvalue weighted by Gasteiger charge is -2.15. The molecule has 0 saturated heterocycles. The molecular weight excluding hydrogens is 280 g/mol. The summed E-state index contributed by atoms with van der Waals surface area (Å²) in [6, 6.07) is 0. The third-order valence-electron chi connectivity index (χ3n) is 4.56. The van der Waals surface area contributed by atoms with E-state index in [4.69, 9.17) is 4.74 Å². The van der Waals surface area contributed by atoms with Crippen LogP contribution in [-0.4, -0.2) is 41.9 Å². The first-order valence-corrected chi connectivity index (χ1v) is 8.51. The van der Waals surface area contributed by atoms with Crippen LogP contribution < -0.4 is 10.6 Å². The smallest absolute Gasteiger partial charge is 0.272 e. The molecular formula is C16H26N4O2. The Balaban J connectivity index is 1.41. The summed E-state index contributed by atoms with van der Waals surface area (Å²) >= 11 is 0. The third-order valence-corrected chi connectivity index (χ3v) is 4.56. The fourth-order valence-electron chi connectivity index (χ4n) is 3.30. The zero-order chi connectivity index (χ0) is 15.2. The number of nitrogens with zero attached hydrogens (tertiary/aromatic N) is 1. The summed E-state index contributed by atoms with van der Waals surface area (Å²) in [7, 11) is 0. The molecule has 0 unspecified atom stereocenters. The Bertz CT molecular complexity index is 492. The molecule has 1 aromatic heterocycles. The van der Waals surface area contributed by atoms with Gasteiger partial charge >= 0.3 is 0 Å². The second kappa shape index (κ2) is 7.74. The van der Waals surface area contributed by atoms with Crippen LogP contribution in [0.3, 0.4) is 0 Å². The van der Waals surface area contributed by atoms with Gasteiger partial charge in [0.1, 0.15) is 0 Å². The Morgan fingerprint density at radius 3 is 2.91 bits per heavy atom. The van der Waals surface area contributed by atoms with Crippen molar-refractivity contribution in [1.82, 2.24) is 20.8 Å². The first-order chi connectivity index (χ1) is 10.8. The number of aromatic amines is 1. The number of fused-ring (bicyclic) bond motifs is 1. The van der Waals surface area contributed by atoms with Gasteiger partial charge in [0.15, 0.2) is 5.69 Å². The van der Waals surface area contributed by atoms with Crippen molar-refractivity contribution in [3.8, 4) is 0 Å². The highest BCUT2D eigenvalue weighted by atomic mass is 16.5. The number of hydrogen-bond acceptors (Lipinski definition) is 4. The van der Waals surface area contributed by atoms with Crippen LogP contribution in [0.25, 0.3) is 0 Å². The quantitative estimate of drug-likeness (QED) is 0.569. The molecule has 1 saturated carbocycles.